The topological polar surface area (TPSA) is 20.3 Å². The Morgan fingerprint density at radius 1 is 1.00 bits per heavy atom. The van der Waals surface area contributed by atoms with E-state index in [0.29, 0.717) is 21.3 Å². The fourth-order valence-corrected chi connectivity index (χ4v) is 4.59. The summed E-state index contributed by atoms with van der Waals surface area (Å²) in [7, 11) is 0. The molecule has 1 heterocycles. The first-order valence-electron chi connectivity index (χ1n) is 7.91. The minimum absolute atomic E-state index is 0.0163. The third kappa shape index (κ3) is 3.28. The molecule has 1 atom stereocenters. The third-order valence-corrected chi connectivity index (χ3v) is 5.96. The molecule has 0 saturated carbocycles. The molecule has 3 rings (SSSR count). The van der Waals surface area contributed by atoms with Gasteiger partial charge in [0.05, 0.1) is 0 Å². The first-order chi connectivity index (χ1) is 13.2. The van der Waals surface area contributed by atoms with Crippen molar-refractivity contribution in [2.45, 2.75) is 30.4 Å². The van der Waals surface area contributed by atoms with Crippen LogP contribution < -0.4 is 4.90 Å². The molecule has 0 radical (unpaired) electrons. The molecule has 2 aromatic rings. The van der Waals surface area contributed by atoms with Crippen LogP contribution in [0.3, 0.4) is 0 Å². The summed E-state index contributed by atoms with van der Waals surface area (Å²) in [4.78, 5) is 13.8. The fourth-order valence-electron chi connectivity index (χ4n) is 3.19. The van der Waals surface area contributed by atoms with Gasteiger partial charge in [-0.3, -0.25) is 9.69 Å². The maximum atomic E-state index is 14.3. The number of amides is 1. The van der Waals surface area contributed by atoms with Crippen molar-refractivity contribution in [3.05, 3.63) is 62.2 Å². The molecule has 0 N–H and O–H groups in total. The van der Waals surface area contributed by atoms with Crippen LogP contribution in [0.2, 0.25) is 0 Å². The van der Waals surface area contributed by atoms with E-state index in [2.05, 4.69) is 0 Å². The molecule has 156 valence electrons. The Bertz CT molecular complexity index is 975. The second kappa shape index (κ2) is 7.00. The van der Waals surface area contributed by atoms with E-state index in [4.69, 9.17) is 11.6 Å². The zero-order valence-corrected chi connectivity index (χ0v) is 17.2. The summed E-state index contributed by atoms with van der Waals surface area (Å²) < 4.78 is 92.9. The zero-order valence-electron chi connectivity index (χ0n) is 14.3. The first kappa shape index (κ1) is 22.1. The molecule has 0 fully saturated rings. The maximum absolute atomic E-state index is 14.3. The largest absolute Gasteiger partial charge is 0.435 e. The molecule has 0 aliphatic carbocycles. The highest BCUT2D eigenvalue weighted by molar-refractivity contribution is 14.1. The fraction of sp³-hybridized carbons (Fsp3) is 0.278. The van der Waals surface area contributed by atoms with Gasteiger partial charge in [0, 0.05) is 25.9 Å². The number of carbonyl (C=O) groups is 1. The van der Waals surface area contributed by atoms with Crippen molar-refractivity contribution in [2.24, 2.45) is 0 Å². The van der Waals surface area contributed by atoms with Crippen molar-refractivity contribution < 1.29 is 35.5 Å². The number of aryl methyl sites for hydroxylation is 1. The Morgan fingerprint density at radius 2 is 1.59 bits per heavy atom. The molecule has 0 spiro atoms. The third-order valence-electron chi connectivity index (χ3n) is 4.60. The Morgan fingerprint density at radius 3 is 2.07 bits per heavy atom. The molecular weight excluding hydrogens is 542 g/mol. The van der Waals surface area contributed by atoms with E-state index in [1.54, 1.807) is 12.1 Å². The molecule has 2 aromatic carbocycles. The van der Waals surface area contributed by atoms with Crippen LogP contribution in [0.5, 0.6) is 0 Å². The van der Waals surface area contributed by atoms with Gasteiger partial charge in [0.15, 0.2) is 0 Å². The van der Waals surface area contributed by atoms with Crippen LogP contribution in [-0.4, -0.2) is 18.3 Å². The van der Waals surface area contributed by atoms with Gasteiger partial charge in [0.2, 0.25) is 0 Å². The van der Waals surface area contributed by atoms with Gasteiger partial charge in [-0.1, -0.05) is 29.8 Å². The monoisotopic (exact) mass is 551 g/mol. The molecular formula is C18H10ClF7INO. The van der Waals surface area contributed by atoms with E-state index >= 15 is 0 Å². The lowest BCUT2D eigenvalue weighted by atomic mass is 9.92. The van der Waals surface area contributed by atoms with Crippen molar-refractivity contribution >= 4 is 45.8 Å². The average Bonchev–Trinajstić information content (AvgIpc) is 2.84. The van der Waals surface area contributed by atoms with Crippen molar-refractivity contribution in [1.82, 2.24) is 0 Å². The lowest BCUT2D eigenvalue weighted by Gasteiger charge is -2.31. The molecule has 1 aliphatic heterocycles. The Kier molecular flexibility index (Phi) is 5.34. The summed E-state index contributed by atoms with van der Waals surface area (Å²) in [5, 5.41) is 0. The van der Waals surface area contributed by atoms with Crippen molar-refractivity contribution in [3.63, 3.8) is 0 Å². The summed E-state index contributed by atoms with van der Waals surface area (Å²) in [5.74, 6) is -0.562. The van der Waals surface area contributed by atoms with E-state index < -0.39 is 35.0 Å². The van der Waals surface area contributed by atoms with E-state index in [0.717, 1.165) is 11.0 Å². The quantitative estimate of drug-likeness (QED) is 0.174. The normalized spacial score (nSPS) is 17.7. The number of anilines is 1. The molecule has 2 nitrogen and oxygen atoms in total. The Balaban J connectivity index is 2.10. The van der Waals surface area contributed by atoms with Crippen molar-refractivity contribution in [3.8, 4) is 0 Å². The Labute approximate surface area is 178 Å². The number of carbonyl (C=O) groups excluding carboxylic acids is 1. The van der Waals surface area contributed by atoms with Gasteiger partial charge < -0.3 is 0 Å². The van der Waals surface area contributed by atoms with Gasteiger partial charge in [-0.05, 0) is 53.3 Å². The smallest absolute Gasteiger partial charge is 0.287 e. The molecule has 1 aliphatic rings. The summed E-state index contributed by atoms with van der Waals surface area (Å²) in [6.07, 6.45) is -12.4. The highest BCUT2D eigenvalue weighted by Crippen LogP contribution is 2.54. The predicted octanol–water partition coefficient (Wildman–Crippen LogP) is 6.79. The first-order valence-corrected chi connectivity index (χ1v) is 9.43. The van der Waals surface area contributed by atoms with Crippen LogP contribution in [0, 0.1) is 10.5 Å². The summed E-state index contributed by atoms with van der Waals surface area (Å²) in [5.41, 5.74) is -7.62. The molecule has 0 saturated heterocycles. The predicted molar refractivity (Wildman–Crippen MR) is 101 cm³/mol. The average molecular weight is 552 g/mol. The molecule has 1 unspecified atom stereocenters. The zero-order chi connectivity index (χ0) is 21.9. The van der Waals surface area contributed by atoms with Crippen LogP contribution in [0.25, 0.3) is 0 Å². The second-order valence-electron chi connectivity index (χ2n) is 6.37. The lowest BCUT2D eigenvalue weighted by molar-refractivity contribution is -0.348. The summed E-state index contributed by atoms with van der Waals surface area (Å²) >= 11 is 8.32. The lowest BCUT2D eigenvalue weighted by Crippen LogP contribution is -2.50. The number of fused-ring (bicyclic) bond motifs is 1. The standard InChI is InChI=1S/C18H10ClF7INO/c1-8-7-9(16(20,17(21,22)23)18(24,25)26)5-6-12(8)28-14(19)13-10(15(28)29)3-2-4-11(13)27/h2-7,14H,1H3. The number of hydrogen-bond acceptors (Lipinski definition) is 1. The number of nitrogens with zero attached hydrogens (tertiary/aromatic N) is 1. The van der Waals surface area contributed by atoms with Crippen LogP contribution in [0.15, 0.2) is 36.4 Å². The number of halogens is 9. The maximum Gasteiger partial charge on any atom is 0.435 e. The van der Waals surface area contributed by atoms with Gasteiger partial charge in [-0.2, -0.15) is 26.3 Å². The van der Waals surface area contributed by atoms with E-state index in [9.17, 15) is 35.5 Å². The number of benzene rings is 2. The van der Waals surface area contributed by atoms with E-state index in [1.807, 2.05) is 22.6 Å². The Hall–Kier alpha value is -1.56. The molecule has 29 heavy (non-hydrogen) atoms. The van der Waals surface area contributed by atoms with Crippen molar-refractivity contribution in [1.29, 1.82) is 0 Å². The molecule has 0 bridgehead atoms. The molecule has 0 aromatic heterocycles. The summed E-state index contributed by atoms with van der Waals surface area (Å²) in [6.45, 7) is 1.18. The summed E-state index contributed by atoms with van der Waals surface area (Å²) in [6, 6.07) is 6.47. The SMILES string of the molecule is Cc1cc(C(F)(C(F)(F)F)C(F)(F)F)ccc1N1C(=O)c2cccc(I)c2C1Cl. The van der Waals surface area contributed by atoms with Gasteiger partial charge in [-0.25, -0.2) is 4.39 Å². The van der Waals surface area contributed by atoms with Gasteiger partial charge in [0.25, 0.3) is 5.91 Å². The number of hydrogen-bond donors (Lipinski definition) is 0. The van der Waals surface area contributed by atoms with Crippen LogP contribution in [0.4, 0.5) is 36.4 Å². The van der Waals surface area contributed by atoms with Gasteiger partial charge in [0.1, 0.15) is 5.50 Å². The van der Waals surface area contributed by atoms with E-state index in [1.165, 1.54) is 13.0 Å². The molecule has 1 amide bonds. The van der Waals surface area contributed by atoms with Crippen molar-refractivity contribution in [2.75, 3.05) is 4.90 Å². The number of rotatable bonds is 2. The van der Waals surface area contributed by atoms with Gasteiger partial charge in [-0.15, -0.1) is 0 Å². The number of alkyl halides is 8. The van der Waals surface area contributed by atoms with Gasteiger partial charge >= 0.3 is 18.0 Å². The highest BCUT2D eigenvalue weighted by Gasteiger charge is 2.73. The van der Waals surface area contributed by atoms with Crippen LogP contribution in [-0.2, 0) is 5.67 Å². The second-order valence-corrected chi connectivity index (χ2v) is 7.94. The van der Waals surface area contributed by atoms with E-state index in [-0.39, 0.29) is 16.8 Å². The van der Waals surface area contributed by atoms with Crippen LogP contribution >= 0.6 is 34.2 Å². The highest BCUT2D eigenvalue weighted by atomic mass is 127. The molecule has 11 heteroatoms. The van der Waals surface area contributed by atoms with Crippen LogP contribution in [0.1, 0.15) is 32.5 Å². The minimum Gasteiger partial charge on any atom is -0.287 e. The minimum atomic E-state index is -6.22.